The molecule has 0 aliphatic rings. The van der Waals surface area contributed by atoms with Crippen LogP contribution in [0.2, 0.25) is 0 Å². The zero-order valence-electron chi connectivity index (χ0n) is 22.4. The summed E-state index contributed by atoms with van der Waals surface area (Å²) < 4.78 is 51.3. The predicted octanol–water partition coefficient (Wildman–Crippen LogP) is 4.79. The summed E-state index contributed by atoms with van der Waals surface area (Å²) in [6, 6.07) is 12.0. The molecule has 0 heterocycles. The maximum Gasteiger partial charge on any atom is 0.573 e. The molecule has 38 heavy (non-hydrogen) atoms. The maximum absolute atomic E-state index is 12.5. The summed E-state index contributed by atoms with van der Waals surface area (Å²) in [5.41, 5.74) is 6.75. The fourth-order valence-electron chi connectivity index (χ4n) is 2.98. The lowest BCUT2D eigenvalue weighted by Crippen LogP contribution is -2.34. The first-order valence-electron chi connectivity index (χ1n) is 12.1. The van der Waals surface area contributed by atoms with Gasteiger partial charge in [0.1, 0.15) is 11.5 Å². The van der Waals surface area contributed by atoms with Crippen LogP contribution < -0.4 is 15.2 Å². The van der Waals surface area contributed by atoms with Crippen molar-refractivity contribution in [2.45, 2.75) is 65.6 Å². The molecule has 0 radical (unpaired) electrons. The van der Waals surface area contributed by atoms with Gasteiger partial charge in [0.25, 0.3) is 5.91 Å². The fraction of sp³-hybridized carbons (Fsp3) is 0.481. The number of rotatable bonds is 12. The minimum atomic E-state index is -4.76. The summed E-state index contributed by atoms with van der Waals surface area (Å²) in [7, 11) is 0. The molecule has 2 aromatic rings. The number of carbonyl (C=O) groups is 2. The van der Waals surface area contributed by atoms with Gasteiger partial charge in [0, 0.05) is 31.7 Å². The number of halogens is 3. The topological polar surface area (TPSA) is 111 Å². The van der Waals surface area contributed by atoms with Crippen LogP contribution in [0.4, 0.5) is 13.2 Å². The molecule has 0 fully saturated rings. The molecule has 0 saturated carbocycles. The van der Waals surface area contributed by atoms with Crippen LogP contribution in [0, 0.1) is 0 Å². The van der Waals surface area contributed by atoms with E-state index in [1.165, 1.54) is 29.2 Å². The van der Waals surface area contributed by atoms with E-state index in [9.17, 15) is 22.8 Å². The molecule has 2 aromatic carbocycles. The van der Waals surface area contributed by atoms with Gasteiger partial charge in [0.15, 0.2) is 12.7 Å². The van der Waals surface area contributed by atoms with Crippen molar-refractivity contribution in [3.63, 3.8) is 0 Å². The van der Waals surface area contributed by atoms with Crippen LogP contribution >= 0.6 is 0 Å². The van der Waals surface area contributed by atoms with Crippen molar-refractivity contribution in [2.24, 2.45) is 5.73 Å². The summed E-state index contributed by atoms with van der Waals surface area (Å²) in [5.74, 6) is -1.21. The lowest BCUT2D eigenvalue weighted by atomic mass is 10.1. The zero-order valence-corrected chi connectivity index (χ0v) is 22.4. The number of ether oxygens (including phenoxy) is 3. The van der Waals surface area contributed by atoms with E-state index in [1.54, 1.807) is 38.1 Å². The maximum atomic E-state index is 12.5. The third-order valence-electron chi connectivity index (χ3n) is 4.61. The highest BCUT2D eigenvalue weighted by molar-refractivity contribution is 5.77. The van der Waals surface area contributed by atoms with Gasteiger partial charge in [-0.3, -0.25) is 4.79 Å². The molecular formula is C27H37F3N2O6. The van der Waals surface area contributed by atoms with Crippen molar-refractivity contribution < 1.29 is 42.1 Å². The van der Waals surface area contributed by atoms with E-state index >= 15 is 0 Å². The Hall–Kier alpha value is -3.31. The predicted molar refractivity (Wildman–Crippen MR) is 137 cm³/mol. The number of carbonyl (C=O) groups excluding carboxylic acids is 1. The number of hydrogen-bond donors (Lipinski definition) is 2. The molecule has 8 nitrogen and oxygen atoms in total. The molecule has 0 aliphatic heterocycles. The van der Waals surface area contributed by atoms with Crippen molar-refractivity contribution in [2.75, 3.05) is 19.8 Å². The second-order valence-corrected chi connectivity index (χ2v) is 9.38. The molecule has 212 valence electrons. The Morgan fingerprint density at radius 3 is 1.89 bits per heavy atom. The van der Waals surface area contributed by atoms with E-state index in [0.29, 0.717) is 24.5 Å². The van der Waals surface area contributed by atoms with E-state index in [1.807, 2.05) is 20.8 Å². The number of amides is 1. The number of nitrogens with two attached hydrogens (primary N) is 1. The molecule has 0 saturated heterocycles. The van der Waals surface area contributed by atoms with Gasteiger partial charge in [0.05, 0.1) is 0 Å². The molecule has 3 N–H and O–H groups in total. The molecule has 0 bridgehead atoms. The summed E-state index contributed by atoms with van der Waals surface area (Å²) in [6.45, 7) is 10.1. The molecule has 1 atom stereocenters. The van der Waals surface area contributed by atoms with E-state index in [-0.39, 0.29) is 36.8 Å². The molecule has 0 aromatic heterocycles. The van der Waals surface area contributed by atoms with Gasteiger partial charge < -0.3 is 30.0 Å². The summed E-state index contributed by atoms with van der Waals surface area (Å²) >= 11 is 0. The molecule has 11 heteroatoms. The zero-order chi connectivity index (χ0) is 28.9. The van der Waals surface area contributed by atoms with E-state index in [2.05, 4.69) is 4.74 Å². The Balaban J connectivity index is 0.00000132. The van der Waals surface area contributed by atoms with Gasteiger partial charge in [-0.15, -0.1) is 13.2 Å². The Bertz CT molecular complexity index is 984. The van der Waals surface area contributed by atoms with Gasteiger partial charge in [0.2, 0.25) is 0 Å². The summed E-state index contributed by atoms with van der Waals surface area (Å²) in [6.07, 6.45) is -5.49. The molecule has 1 amide bonds. The van der Waals surface area contributed by atoms with Crippen molar-refractivity contribution in [3.05, 3.63) is 59.7 Å². The second kappa shape index (κ2) is 15.2. The average Bonchev–Trinajstić information content (AvgIpc) is 2.80. The number of carboxylic acids is 1. The van der Waals surface area contributed by atoms with Crippen LogP contribution in [0.1, 0.15) is 45.7 Å². The van der Waals surface area contributed by atoms with Crippen LogP contribution in [0.5, 0.6) is 11.5 Å². The second-order valence-electron chi connectivity index (χ2n) is 9.38. The number of nitrogens with zero attached hydrogens (tertiary/aromatic N) is 1. The standard InChI is InChI=1S/C23H26F3NO6.C4H11N/c1-3-27(14-17-7-11-19(12-8-17)33-23(24,25)26)21(28)15-32-18-9-5-16(6-10-18)13-20(22(29)30)31-4-2;1-4(2,3)5/h5-12,20H,3-4,13-15H2,1-2H3,(H,29,30);5H2,1-3H3. The SMILES string of the molecule is CC(C)(C)N.CCOC(Cc1ccc(OCC(=O)N(CC)Cc2ccc(OC(F)(F)F)cc2)cc1)C(=O)O. The molecule has 0 aliphatic carbocycles. The Kier molecular flexibility index (Phi) is 13.1. The summed E-state index contributed by atoms with van der Waals surface area (Å²) in [5, 5.41) is 9.16. The monoisotopic (exact) mass is 542 g/mol. The van der Waals surface area contributed by atoms with Crippen molar-refractivity contribution in [1.29, 1.82) is 0 Å². The first kappa shape index (κ1) is 32.7. The Morgan fingerprint density at radius 2 is 1.45 bits per heavy atom. The quantitative estimate of drug-likeness (QED) is 0.397. The normalized spacial score (nSPS) is 12.1. The highest BCUT2D eigenvalue weighted by atomic mass is 19.4. The lowest BCUT2D eigenvalue weighted by Gasteiger charge is -2.21. The largest absolute Gasteiger partial charge is 0.573 e. The van der Waals surface area contributed by atoms with Crippen molar-refractivity contribution in [3.8, 4) is 11.5 Å². The van der Waals surface area contributed by atoms with Crippen LogP contribution in [-0.4, -0.2) is 59.6 Å². The molecule has 2 rings (SSSR count). The number of hydrogen-bond acceptors (Lipinski definition) is 6. The molecule has 0 spiro atoms. The van der Waals surface area contributed by atoms with Gasteiger partial charge in [-0.25, -0.2) is 4.79 Å². The van der Waals surface area contributed by atoms with Gasteiger partial charge in [-0.1, -0.05) is 24.3 Å². The minimum Gasteiger partial charge on any atom is -0.484 e. The number of likely N-dealkylation sites (N-methyl/N-ethyl adjacent to an activating group) is 1. The van der Waals surface area contributed by atoms with Crippen molar-refractivity contribution >= 4 is 11.9 Å². The smallest absolute Gasteiger partial charge is 0.484 e. The van der Waals surface area contributed by atoms with Crippen LogP contribution in [0.15, 0.2) is 48.5 Å². The van der Waals surface area contributed by atoms with Crippen LogP contribution in [0.3, 0.4) is 0 Å². The number of alkyl halides is 3. The molecule has 1 unspecified atom stereocenters. The van der Waals surface area contributed by atoms with Gasteiger partial charge in [-0.2, -0.15) is 0 Å². The number of carboxylic acid groups (broad SMARTS) is 1. The van der Waals surface area contributed by atoms with Gasteiger partial charge >= 0.3 is 12.3 Å². The van der Waals surface area contributed by atoms with E-state index in [0.717, 1.165) is 5.56 Å². The van der Waals surface area contributed by atoms with Crippen LogP contribution in [-0.2, 0) is 27.3 Å². The molecular weight excluding hydrogens is 505 g/mol. The highest BCUT2D eigenvalue weighted by Gasteiger charge is 2.31. The van der Waals surface area contributed by atoms with E-state index in [4.69, 9.17) is 20.3 Å². The van der Waals surface area contributed by atoms with E-state index < -0.39 is 18.4 Å². The van der Waals surface area contributed by atoms with Gasteiger partial charge in [-0.05, 0) is 70.0 Å². The number of benzene rings is 2. The number of aliphatic carboxylic acids is 1. The first-order chi connectivity index (χ1) is 17.6. The minimum absolute atomic E-state index is 0. The average molecular weight is 543 g/mol. The summed E-state index contributed by atoms with van der Waals surface area (Å²) in [4.78, 5) is 25.2. The first-order valence-corrected chi connectivity index (χ1v) is 12.1. The lowest BCUT2D eigenvalue weighted by molar-refractivity contribution is -0.274. The highest BCUT2D eigenvalue weighted by Crippen LogP contribution is 2.23. The fourth-order valence-corrected chi connectivity index (χ4v) is 2.98. The third-order valence-corrected chi connectivity index (χ3v) is 4.61. The van der Waals surface area contributed by atoms with Crippen molar-refractivity contribution in [1.82, 2.24) is 4.90 Å². The Labute approximate surface area is 221 Å². The van der Waals surface area contributed by atoms with Crippen LogP contribution in [0.25, 0.3) is 0 Å². The third kappa shape index (κ3) is 14.4. The Morgan fingerprint density at radius 1 is 0.947 bits per heavy atom.